The Hall–Kier alpha value is -0.570. The van der Waals surface area contributed by atoms with Gasteiger partial charge in [0.15, 0.2) is 0 Å². The molecule has 0 amide bonds. The Morgan fingerprint density at radius 1 is 1.54 bits per heavy atom. The first kappa shape index (κ1) is 10.5. The van der Waals surface area contributed by atoms with Gasteiger partial charge >= 0.3 is 5.97 Å². The van der Waals surface area contributed by atoms with E-state index in [1.54, 1.807) is 0 Å². The molecule has 1 atom stereocenters. The third kappa shape index (κ3) is 3.77. The minimum absolute atomic E-state index is 0.0486. The fourth-order valence-electron chi connectivity index (χ4n) is 1.40. The Kier molecular flexibility index (Phi) is 4.22. The van der Waals surface area contributed by atoms with Crippen molar-refractivity contribution in [2.45, 2.75) is 39.2 Å². The average Bonchev–Trinajstić information content (AvgIpc) is 2.15. The average molecular weight is 185 g/mol. The van der Waals surface area contributed by atoms with Gasteiger partial charge in [0, 0.05) is 0 Å². The molecule has 1 saturated heterocycles. The van der Waals surface area contributed by atoms with E-state index in [9.17, 15) is 4.79 Å². The topological polar surface area (TPSA) is 38.3 Å². The first-order valence-electron chi connectivity index (χ1n) is 5.10. The van der Waals surface area contributed by atoms with Gasteiger partial charge in [-0.2, -0.15) is 0 Å². The summed E-state index contributed by atoms with van der Waals surface area (Å²) in [5.74, 6) is 0.348. The molecule has 1 heterocycles. The first-order chi connectivity index (χ1) is 6.20. The van der Waals surface area contributed by atoms with Crippen LogP contribution in [0.3, 0.4) is 0 Å². The highest BCUT2D eigenvalue weighted by molar-refractivity contribution is 5.75. The normalized spacial score (nSPS) is 23.2. The van der Waals surface area contributed by atoms with E-state index < -0.39 is 0 Å². The lowest BCUT2D eigenvalue weighted by Gasteiger charge is -2.22. The van der Waals surface area contributed by atoms with Gasteiger partial charge in [0.05, 0.1) is 6.61 Å². The zero-order valence-electron chi connectivity index (χ0n) is 8.51. The number of carbonyl (C=O) groups excluding carboxylic acids is 1. The van der Waals surface area contributed by atoms with Crippen molar-refractivity contribution in [2.75, 3.05) is 13.2 Å². The van der Waals surface area contributed by atoms with Gasteiger partial charge < -0.3 is 10.1 Å². The SMILES string of the molecule is CC(C)COC(=O)[C@@H]1CCCCN1. The van der Waals surface area contributed by atoms with Crippen molar-refractivity contribution < 1.29 is 9.53 Å². The summed E-state index contributed by atoms with van der Waals surface area (Å²) in [5.41, 5.74) is 0. The van der Waals surface area contributed by atoms with Crippen molar-refractivity contribution in [2.24, 2.45) is 5.92 Å². The van der Waals surface area contributed by atoms with Crippen LogP contribution in [-0.2, 0) is 9.53 Å². The second-order valence-electron chi connectivity index (χ2n) is 4.03. The van der Waals surface area contributed by atoms with Crippen molar-refractivity contribution in [3.05, 3.63) is 0 Å². The Balaban J connectivity index is 2.21. The molecule has 1 N–H and O–H groups in total. The number of rotatable bonds is 3. The van der Waals surface area contributed by atoms with Crippen molar-refractivity contribution >= 4 is 5.97 Å². The molecule has 1 rings (SSSR count). The molecule has 0 saturated carbocycles. The van der Waals surface area contributed by atoms with Gasteiger partial charge in [0.1, 0.15) is 6.04 Å². The molecule has 0 radical (unpaired) electrons. The van der Waals surface area contributed by atoms with Crippen molar-refractivity contribution in [1.82, 2.24) is 5.32 Å². The molecule has 1 aliphatic heterocycles. The fraction of sp³-hybridized carbons (Fsp3) is 0.900. The smallest absolute Gasteiger partial charge is 0.323 e. The van der Waals surface area contributed by atoms with Gasteiger partial charge in [0.25, 0.3) is 0 Å². The van der Waals surface area contributed by atoms with Gasteiger partial charge in [-0.1, -0.05) is 20.3 Å². The number of piperidine rings is 1. The number of ether oxygens (including phenoxy) is 1. The monoisotopic (exact) mass is 185 g/mol. The molecule has 3 nitrogen and oxygen atoms in total. The molecule has 0 spiro atoms. The zero-order valence-corrected chi connectivity index (χ0v) is 8.51. The highest BCUT2D eigenvalue weighted by Gasteiger charge is 2.21. The zero-order chi connectivity index (χ0) is 9.68. The summed E-state index contributed by atoms with van der Waals surface area (Å²) in [6.07, 6.45) is 3.24. The quantitative estimate of drug-likeness (QED) is 0.674. The predicted octanol–water partition coefficient (Wildman–Crippen LogP) is 1.33. The summed E-state index contributed by atoms with van der Waals surface area (Å²) in [4.78, 5) is 11.4. The largest absolute Gasteiger partial charge is 0.464 e. The van der Waals surface area contributed by atoms with E-state index in [1.807, 2.05) is 13.8 Å². The summed E-state index contributed by atoms with van der Waals surface area (Å²) in [6.45, 7) is 5.57. The van der Waals surface area contributed by atoms with Crippen LogP contribution in [0, 0.1) is 5.92 Å². The van der Waals surface area contributed by atoms with Crippen LogP contribution in [0.25, 0.3) is 0 Å². The minimum atomic E-state index is -0.0756. The molecule has 0 bridgehead atoms. The Bertz CT molecular complexity index is 162. The van der Waals surface area contributed by atoms with E-state index in [0.717, 1.165) is 19.4 Å². The van der Waals surface area contributed by atoms with Crippen LogP contribution in [0.4, 0.5) is 0 Å². The molecule has 1 aliphatic rings. The molecule has 0 aliphatic carbocycles. The maximum Gasteiger partial charge on any atom is 0.323 e. The lowest BCUT2D eigenvalue weighted by Crippen LogP contribution is -2.41. The number of hydrogen-bond acceptors (Lipinski definition) is 3. The Morgan fingerprint density at radius 3 is 2.85 bits per heavy atom. The van der Waals surface area contributed by atoms with Crippen LogP contribution < -0.4 is 5.32 Å². The Labute approximate surface area is 79.8 Å². The fourth-order valence-corrected chi connectivity index (χ4v) is 1.40. The summed E-state index contributed by atoms with van der Waals surface area (Å²) < 4.78 is 5.14. The van der Waals surface area contributed by atoms with E-state index in [-0.39, 0.29) is 12.0 Å². The van der Waals surface area contributed by atoms with Crippen LogP contribution >= 0.6 is 0 Å². The predicted molar refractivity (Wildman–Crippen MR) is 51.4 cm³/mol. The molecular weight excluding hydrogens is 166 g/mol. The van der Waals surface area contributed by atoms with Crippen LogP contribution in [0.1, 0.15) is 33.1 Å². The summed E-state index contributed by atoms with van der Waals surface area (Å²) >= 11 is 0. The standard InChI is InChI=1S/C10H19NO2/c1-8(2)7-13-10(12)9-5-3-4-6-11-9/h8-9,11H,3-7H2,1-2H3/t9-/m0/s1. The molecule has 1 fully saturated rings. The van der Waals surface area contributed by atoms with Gasteiger partial charge in [-0.25, -0.2) is 0 Å². The number of nitrogens with one attached hydrogen (secondary N) is 1. The molecule has 3 heteroatoms. The molecule has 0 unspecified atom stereocenters. The minimum Gasteiger partial charge on any atom is -0.464 e. The van der Waals surface area contributed by atoms with E-state index >= 15 is 0 Å². The van der Waals surface area contributed by atoms with E-state index in [4.69, 9.17) is 4.74 Å². The van der Waals surface area contributed by atoms with Gasteiger partial charge in [-0.05, 0) is 25.3 Å². The van der Waals surface area contributed by atoms with Crippen molar-refractivity contribution in [1.29, 1.82) is 0 Å². The van der Waals surface area contributed by atoms with Crippen molar-refractivity contribution in [3.8, 4) is 0 Å². The van der Waals surface area contributed by atoms with Gasteiger partial charge in [-0.3, -0.25) is 4.79 Å². The van der Waals surface area contributed by atoms with Crippen molar-refractivity contribution in [3.63, 3.8) is 0 Å². The third-order valence-electron chi connectivity index (χ3n) is 2.15. The van der Waals surface area contributed by atoms with E-state index in [2.05, 4.69) is 5.32 Å². The second-order valence-corrected chi connectivity index (χ2v) is 4.03. The second kappa shape index (κ2) is 5.22. The number of esters is 1. The molecule has 13 heavy (non-hydrogen) atoms. The van der Waals surface area contributed by atoms with E-state index in [1.165, 1.54) is 6.42 Å². The van der Waals surface area contributed by atoms with Crippen LogP contribution in [0.15, 0.2) is 0 Å². The van der Waals surface area contributed by atoms with Crippen LogP contribution in [0.5, 0.6) is 0 Å². The summed E-state index contributed by atoms with van der Waals surface area (Å²) in [6, 6.07) is -0.0486. The molecule has 0 aromatic heterocycles. The summed E-state index contributed by atoms with van der Waals surface area (Å²) in [7, 11) is 0. The first-order valence-corrected chi connectivity index (χ1v) is 5.10. The Morgan fingerprint density at radius 2 is 2.31 bits per heavy atom. The highest BCUT2D eigenvalue weighted by atomic mass is 16.5. The molecule has 76 valence electrons. The van der Waals surface area contributed by atoms with Crippen LogP contribution in [0.2, 0.25) is 0 Å². The molecule has 0 aromatic carbocycles. The highest BCUT2D eigenvalue weighted by Crippen LogP contribution is 2.08. The summed E-state index contributed by atoms with van der Waals surface area (Å²) in [5, 5.41) is 3.17. The third-order valence-corrected chi connectivity index (χ3v) is 2.15. The van der Waals surface area contributed by atoms with Crippen LogP contribution in [-0.4, -0.2) is 25.2 Å². The number of carbonyl (C=O) groups is 1. The lowest BCUT2D eigenvalue weighted by molar-refractivity contribution is -0.147. The lowest BCUT2D eigenvalue weighted by atomic mass is 10.1. The molecular formula is C10H19NO2. The maximum atomic E-state index is 11.4. The molecule has 0 aromatic rings. The van der Waals surface area contributed by atoms with E-state index in [0.29, 0.717) is 12.5 Å². The number of hydrogen-bond donors (Lipinski definition) is 1. The maximum absolute atomic E-state index is 11.4. The van der Waals surface area contributed by atoms with Gasteiger partial charge in [-0.15, -0.1) is 0 Å². The van der Waals surface area contributed by atoms with Gasteiger partial charge in [0.2, 0.25) is 0 Å².